The highest BCUT2D eigenvalue weighted by Gasteiger charge is 2.32. The summed E-state index contributed by atoms with van der Waals surface area (Å²) in [5.74, 6) is 5.81. The number of unbranched alkanes of at least 4 members (excludes halogenated alkanes) is 4. The van der Waals surface area contributed by atoms with Gasteiger partial charge in [0.15, 0.2) is 5.82 Å². The first-order valence-electron chi connectivity index (χ1n) is 18.5. The molecule has 2 N–H and O–H groups in total. The fraction of sp³-hybridized carbons (Fsp3) is 0.561. The third-order valence-corrected chi connectivity index (χ3v) is 10.6. The maximum absolute atomic E-state index is 6.58. The molecule has 5 rings (SSSR count). The third kappa shape index (κ3) is 8.87. The number of thiol groups is 1. The Labute approximate surface area is 295 Å². The Morgan fingerprint density at radius 3 is 2.46 bits per heavy atom. The summed E-state index contributed by atoms with van der Waals surface area (Å²) < 4.78 is 2.47. The van der Waals surface area contributed by atoms with E-state index in [0.29, 0.717) is 11.7 Å². The van der Waals surface area contributed by atoms with Crippen molar-refractivity contribution in [3.63, 3.8) is 0 Å². The summed E-state index contributed by atoms with van der Waals surface area (Å²) in [6.07, 6.45) is 16.9. The second-order valence-electron chi connectivity index (χ2n) is 14.8. The van der Waals surface area contributed by atoms with Crippen LogP contribution in [-0.4, -0.2) is 50.5 Å². The quantitative estimate of drug-likeness (QED) is 0.0710. The van der Waals surface area contributed by atoms with E-state index in [1.807, 2.05) is 6.07 Å². The summed E-state index contributed by atoms with van der Waals surface area (Å²) >= 11 is 5.19. The number of aromatic nitrogens is 3. The molecule has 2 aromatic heterocycles. The number of aryl methyl sites for hydroxylation is 3. The fourth-order valence-electron chi connectivity index (χ4n) is 7.80. The number of rotatable bonds is 16. The molecule has 7 heteroatoms. The van der Waals surface area contributed by atoms with E-state index in [2.05, 4.69) is 91.3 Å². The lowest BCUT2D eigenvalue weighted by atomic mass is 9.92. The van der Waals surface area contributed by atoms with Crippen LogP contribution in [0.25, 0.3) is 21.9 Å². The number of anilines is 2. The number of nitrogens with two attached hydrogens (primary N) is 1. The molecule has 0 aliphatic carbocycles. The molecule has 2 aromatic carbocycles. The zero-order valence-corrected chi connectivity index (χ0v) is 31.0. The van der Waals surface area contributed by atoms with Crippen LogP contribution >= 0.6 is 12.6 Å². The highest BCUT2D eigenvalue weighted by molar-refractivity contribution is 7.81. The fourth-order valence-corrected chi connectivity index (χ4v) is 8.31. The molecule has 1 aliphatic heterocycles. The topological polar surface area (TPSA) is 63.2 Å². The van der Waals surface area contributed by atoms with E-state index < -0.39 is 0 Å². The number of fused-ring (bicyclic) bond motifs is 3. The Morgan fingerprint density at radius 2 is 1.73 bits per heavy atom. The van der Waals surface area contributed by atoms with E-state index in [1.54, 1.807) is 0 Å². The molecule has 0 amide bonds. The highest BCUT2D eigenvalue weighted by Crippen LogP contribution is 2.35. The molecular formula is C41H58N6S. The van der Waals surface area contributed by atoms with Gasteiger partial charge in [-0.3, -0.25) is 4.90 Å². The zero-order valence-electron chi connectivity index (χ0n) is 30.1. The van der Waals surface area contributed by atoms with Crippen molar-refractivity contribution in [3.05, 3.63) is 59.4 Å². The minimum absolute atomic E-state index is 0.0914. The molecule has 2 unspecified atom stereocenters. The van der Waals surface area contributed by atoms with Crippen LogP contribution in [0.1, 0.15) is 103 Å². The number of hydrogen-bond acceptors (Lipinski definition) is 6. The van der Waals surface area contributed by atoms with Crippen LogP contribution in [0.2, 0.25) is 0 Å². The summed E-state index contributed by atoms with van der Waals surface area (Å²) in [6.45, 7) is 16.5. The minimum atomic E-state index is -0.0914. The van der Waals surface area contributed by atoms with Crippen molar-refractivity contribution in [2.24, 2.45) is 11.8 Å². The molecule has 1 fully saturated rings. The number of piperazine rings is 1. The number of imidazole rings is 1. The molecule has 3 heterocycles. The van der Waals surface area contributed by atoms with Crippen LogP contribution in [0.4, 0.5) is 11.5 Å². The molecule has 0 spiro atoms. The average molecular weight is 667 g/mol. The zero-order chi connectivity index (χ0) is 34.3. The van der Waals surface area contributed by atoms with Gasteiger partial charge < -0.3 is 15.2 Å². The van der Waals surface area contributed by atoms with Crippen LogP contribution in [0.15, 0.2) is 42.5 Å². The molecule has 6 nitrogen and oxygen atoms in total. The Balaban J connectivity index is 1.31. The number of nitrogens with zero attached hydrogens (tertiary/aromatic N) is 5. The van der Waals surface area contributed by atoms with Gasteiger partial charge in [0.25, 0.3) is 0 Å². The first-order valence-corrected chi connectivity index (χ1v) is 18.9. The summed E-state index contributed by atoms with van der Waals surface area (Å²) in [5, 5.41) is 1.16. The Hall–Kier alpha value is -3.21. The second-order valence-corrected chi connectivity index (χ2v) is 15.8. The van der Waals surface area contributed by atoms with Gasteiger partial charge in [0.2, 0.25) is 0 Å². The van der Waals surface area contributed by atoms with E-state index in [0.717, 1.165) is 110 Å². The third-order valence-electron chi connectivity index (χ3n) is 10.1. The van der Waals surface area contributed by atoms with Crippen molar-refractivity contribution in [1.29, 1.82) is 0 Å². The molecule has 1 aliphatic rings. The standard InChI is InChI=1S/C41H58N6S/c1-7-9-18-37-44-38-39(47(37)21-13-11-10-12-15-33-17-14-16-32(8-2)27-33)35-28-34(19-20-36(35)43-40(38)42)45-22-24-46(25-23-45)41(6,48)29-31(5)26-30(3)4/h2,14,16-17,19-20,27-28,30-31,48H,7,9-13,15,18,21-26,29H2,1,3-6H3,(H2,42,43). The smallest absolute Gasteiger partial charge is 0.152 e. The first kappa shape index (κ1) is 36.1. The molecule has 0 saturated carbocycles. The number of benzene rings is 2. The van der Waals surface area contributed by atoms with Crippen LogP contribution in [0.5, 0.6) is 0 Å². The summed E-state index contributed by atoms with van der Waals surface area (Å²) in [5.41, 5.74) is 13.1. The normalized spacial score (nSPS) is 16.1. The van der Waals surface area contributed by atoms with Gasteiger partial charge >= 0.3 is 0 Å². The van der Waals surface area contributed by atoms with E-state index in [4.69, 9.17) is 34.8 Å². The molecule has 0 radical (unpaired) electrons. The molecule has 1 saturated heterocycles. The Kier molecular flexibility index (Phi) is 12.4. The van der Waals surface area contributed by atoms with Crippen molar-refractivity contribution in [2.75, 3.05) is 36.8 Å². The van der Waals surface area contributed by atoms with Crippen molar-refractivity contribution in [1.82, 2.24) is 19.4 Å². The van der Waals surface area contributed by atoms with Crippen molar-refractivity contribution < 1.29 is 0 Å². The van der Waals surface area contributed by atoms with E-state index in [9.17, 15) is 0 Å². The lowest BCUT2D eigenvalue weighted by Crippen LogP contribution is -2.54. The van der Waals surface area contributed by atoms with E-state index in [1.165, 1.54) is 36.9 Å². The van der Waals surface area contributed by atoms with Crippen molar-refractivity contribution in [2.45, 2.75) is 110 Å². The number of terminal acetylenes is 1. The Bertz CT molecular complexity index is 1690. The summed E-state index contributed by atoms with van der Waals surface area (Å²) in [6, 6.07) is 15.1. The number of hydrogen-bond donors (Lipinski definition) is 2. The lowest BCUT2D eigenvalue weighted by molar-refractivity contribution is 0.145. The van der Waals surface area contributed by atoms with Gasteiger partial charge in [0, 0.05) is 55.8 Å². The van der Waals surface area contributed by atoms with Gasteiger partial charge in [0.05, 0.1) is 15.9 Å². The van der Waals surface area contributed by atoms with Crippen molar-refractivity contribution in [3.8, 4) is 12.3 Å². The molecular weight excluding hydrogens is 609 g/mol. The van der Waals surface area contributed by atoms with Gasteiger partial charge in [0.1, 0.15) is 11.3 Å². The highest BCUT2D eigenvalue weighted by atomic mass is 32.1. The van der Waals surface area contributed by atoms with Gasteiger partial charge in [-0.15, -0.1) is 6.42 Å². The van der Waals surface area contributed by atoms with Crippen molar-refractivity contribution >= 4 is 46.1 Å². The second kappa shape index (κ2) is 16.5. The maximum Gasteiger partial charge on any atom is 0.152 e. The summed E-state index contributed by atoms with van der Waals surface area (Å²) in [7, 11) is 0. The maximum atomic E-state index is 6.58. The van der Waals surface area contributed by atoms with Crippen LogP contribution in [0.3, 0.4) is 0 Å². The first-order chi connectivity index (χ1) is 23.1. The van der Waals surface area contributed by atoms with Gasteiger partial charge in [-0.1, -0.05) is 65.0 Å². The Morgan fingerprint density at radius 1 is 0.958 bits per heavy atom. The predicted molar refractivity (Wildman–Crippen MR) is 209 cm³/mol. The lowest BCUT2D eigenvalue weighted by Gasteiger charge is -2.45. The predicted octanol–water partition coefficient (Wildman–Crippen LogP) is 9.13. The molecule has 4 aromatic rings. The molecule has 2 atom stereocenters. The molecule has 0 bridgehead atoms. The SMILES string of the molecule is C#Cc1cccc(CCCCCCn2c(CCCC)nc3c(N)nc4ccc(N5CCN(C(C)(S)CC(C)CC(C)C)CC5)cc4c32)c1. The van der Waals surface area contributed by atoms with Crippen LogP contribution in [-0.2, 0) is 19.4 Å². The monoisotopic (exact) mass is 666 g/mol. The largest absolute Gasteiger partial charge is 0.382 e. The number of pyridine rings is 1. The van der Waals surface area contributed by atoms with E-state index >= 15 is 0 Å². The minimum Gasteiger partial charge on any atom is -0.382 e. The summed E-state index contributed by atoms with van der Waals surface area (Å²) in [4.78, 5) is 15.0. The van der Waals surface area contributed by atoms with Gasteiger partial charge in [-0.2, -0.15) is 12.6 Å². The van der Waals surface area contributed by atoms with Gasteiger partial charge in [-0.05, 0) is 93.2 Å². The van der Waals surface area contributed by atoms with Gasteiger partial charge in [-0.25, -0.2) is 9.97 Å². The molecule has 48 heavy (non-hydrogen) atoms. The molecule has 258 valence electrons. The van der Waals surface area contributed by atoms with E-state index in [-0.39, 0.29) is 4.87 Å². The number of nitrogen functional groups attached to an aromatic ring is 1. The van der Waals surface area contributed by atoms with Crippen LogP contribution < -0.4 is 10.6 Å². The van der Waals surface area contributed by atoms with Crippen LogP contribution in [0, 0.1) is 24.2 Å². The average Bonchev–Trinajstić information content (AvgIpc) is 3.43.